The Morgan fingerprint density at radius 2 is 1.67 bits per heavy atom. The minimum atomic E-state index is -0.233. The Morgan fingerprint density at radius 3 is 2.39 bits per heavy atom. The van der Waals surface area contributed by atoms with Crippen molar-refractivity contribution in [1.29, 1.82) is 0 Å². The van der Waals surface area contributed by atoms with E-state index in [0.717, 1.165) is 36.9 Å². The van der Waals surface area contributed by atoms with Crippen LogP contribution in [0.5, 0.6) is 0 Å². The van der Waals surface area contributed by atoms with Crippen LogP contribution in [0.3, 0.4) is 0 Å². The minimum Gasteiger partial charge on any atom is -0.457 e. The molecule has 1 fully saturated rings. The Hall–Kier alpha value is -2.67. The summed E-state index contributed by atoms with van der Waals surface area (Å²) in [5.41, 5.74) is 3.31. The molecule has 0 N–H and O–H groups in total. The molecule has 3 aromatic rings. The summed E-state index contributed by atoms with van der Waals surface area (Å²) >= 11 is 13.5. The van der Waals surface area contributed by atoms with Crippen LogP contribution in [0.25, 0.3) is 17.4 Å². The van der Waals surface area contributed by atoms with Gasteiger partial charge in [-0.2, -0.15) is 4.99 Å². The molecular weight excluding hydrogens is 477 g/mol. The number of carbonyl (C=O) groups excluding carboxylic acids is 1. The van der Waals surface area contributed by atoms with Crippen LogP contribution < -0.4 is 4.90 Å². The largest absolute Gasteiger partial charge is 0.457 e. The predicted octanol–water partition coefficient (Wildman–Crippen LogP) is 6.35. The lowest BCUT2D eigenvalue weighted by Gasteiger charge is -2.36. The number of carbonyl (C=O) groups is 1. The van der Waals surface area contributed by atoms with E-state index in [9.17, 15) is 4.79 Å². The topological polar surface area (TPSA) is 49.0 Å². The van der Waals surface area contributed by atoms with Crippen LogP contribution in [0.4, 0.5) is 5.69 Å². The highest BCUT2D eigenvalue weighted by Gasteiger charge is 2.29. The van der Waals surface area contributed by atoms with Gasteiger partial charge in [0.25, 0.3) is 5.91 Å². The molecule has 2 aliphatic heterocycles. The lowest BCUT2D eigenvalue weighted by atomic mass is 10.2. The summed E-state index contributed by atoms with van der Waals surface area (Å²) in [5, 5.41) is 1.71. The zero-order valence-electron chi connectivity index (χ0n) is 17.9. The van der Waals surface area contributed by atoms with Crippen molar-refractivity contribution in [1.82, 2.24) is 4.90 Å². The molecule has 2 aromatic carbocycles. The number of benzene rings is 2. The second-order valence-electron chi connectivity index (χ2n) is 7.95. The van der Waals surface area contributed by atoms with E-state index < -0.39 is 0 Å². The smallest absolute Gasteiger partial charge is 0.286 e. The van der Waals surface area contributed by atoms with Crippen molar-refractivity contribution in [2.45, 2.75) is 6.92 Å². The van der Waals surface area contributed by atoms with Gasteiger partial charge in [-0.05, 0) is 61.2 Å². The van der Waals surface area contributed by atoms with E-state index in [1.54, 1.807) is 18.2 Å². The fourth-order valence-electron chi connectivity index (χ4n) is 3.81. The molecule has 1 aromatic heterocycles. The number of nitrogens with zero attached hydrogens (tertiary/aromatic N) is 3. The Morgan fingerprint density at radius 1 is 0.939 bits per heavy atom. The second-order valence-corrected chi connectivity index (χ2v) is 9.77. The van der Waals surface area contributed by atoms with E-state index in [4.69, 9.17) is 27.6 Å². The first-order chi connectivity index (χ1) is 16.0. The molecule has 168 valence electrons. The van der Waals surface area contributed by atoms with Crippen molar-refractivity contribution in [3.63, 3.8) is 0 Å². The second kappa shape index (κ2) is 9.29. The molecule has 0 saturated carbocycles. The maximum absolute atomic E-state index is 12.5. The van der Waals surface area contributed by atoms with E-state index in [-0.39, 0.29) is 5.91 Å². The van der Waals surface area contributed by atoms with Gasteiger partial charge in [0, 0.05) is 43.5 Å². The number of hydrogen-bond acceptors (Lipinski definition) is 5. The van der Waals surface area contributed by atoms with Gasteiger partial charge in [-0.1, -0.05) is 40.9 Å². The van der Waals surface area contributed by atoms with Gasteiger partial charge in [-0.3, -0.25) is 4.79 Å². The van der Waals surface area contributed by atoms with Gasteiger partial charge in [-0.15, -0.1) is 0 Å². The highest BCUT2D eigenvalue weighted by atomic mass is 35.5. The molecule has 5 nitrogen and oxygen atoms in total. The van der Waals surface area contributed by atoms with Gasteiger partial charge in [0.1, 0.15) is 11.5 Å². The van der Waals surface area contributed by atoms with Gasteiger partial charge in [0.2, 0.25) is 0 Å². The maximum Gasteiger partial charge on any atom is 0.286 e. The van der Waals surface area contributed by atoms with Crippen LogP contribution in [-0.2, 0) is 4.79 Å². The Labute approximate surface area is 206 Å². The first-order valence-electron chi connectivity index (χ1n) is 10.6. The third kappa shape index (κ3) is 4.83. The average Bonchev–Trinajstić information content (AvgIpc) is 3.43. The minimum absolute atomic E-state index is 0.233. The van der Waals surface area contributed by atoms with Gasteiger partial charge in [-0.25, -0.2) is 0 Å². The summed E-state index contributed by atoms with van der Waals surface area (Å²) in [6, 6.07) is 17.6. The average molecular weight is 498 g/mol. The Balaban J connectivity index is 1.23. The van der Waals surface area contributed by atoms with E-state index in [0.29, 0.717) is 26.5 Å². The molecule has 0 aliphatic carbocycles. The number of rotatable bonds is 3. The molecule has 1 saturated heterocycles. The fraction of sp³-hybridized carbons (Fsp3) is 0.200. The summed E-state index contributed by atoms with van der Waals surface area (Å²) in [5.74, 6) is 1.01. The number of amides is 1. The van der Waals surface area contributed by atoms with Crippen molar-refractivity contribution in [3.05, 3.63) is 80.9 Å². The van der Waals surface area contributed by atoms with E-state index >= 15 is 0 Å². The molecule has 0 radical (unpaired) electrons. The SMILES string of the molecule is Cc1ccc(N2CCN(C3=NC(=O)/C(=C\c4ccc(-c5ccc(Cl)c(Cl)c5)o4)S3)CC2)cc1. The molecular formula is C25H21Cl2N3O2S. The Bertz CT molecular complexity index is 1260. The van der Waals surface area contributed by atoms with Crippen LogP contribution >= 0.6 is 35.0 Å². The summed E-state index contributed by atoms with van der Waals surface area (Å²) < 4.78 is 5.91. The monoisotopic (exact) mass is 497 g/mol. The zero-order chi connectivity index (χ0) is 22.9. The van der Waals surface area contributed by atoms with Crippen molar-refractivity contribution in [3.8, 4) is 11.3 Å². The molecule has 3 heterocycles. The van der Waals surface area contributed by atoms with Crippen LogP contribution in [0.2, 0.25) is 10.0 Å². The van der Waals surface area contributed by atoms with Crippen LogP contribution in [0, 0.1) is 6.92 Å². The number of anilines is 1. The Kier molecular flexibility index (Phi) is 6.23. The highest BCUT2D eigenvalue weighted by Crippen LogP contribution is 2.33. The third-order valence-electron chi connectivity index (χ3n) is 5.66. The number of hydrogen-bond donors (Lipinski definition) is 0. The van der Waals surface area contributed by atoms with Crippen molar-refractivity contribution in [2.24, 2.45) is 4.99 Å². The molecule has 5 rings (SSSR count). The fourth-order valence-corrected chi connectivity index (χ4v) is 5.05. The van der Waals surface area contributed by atoms with Gasteiger partial charge in [0.15, 0.2) is 5.17 Å². The number of amidine groups is 1. The highest BCUT2D eigenvalue weighted by molar-refractivity contribution is 8.18. The molecule has 0 unspecified atom stereocenters. The van der Waals surface area contributed by atoms with E-state index in [1.165, 1.54) is 23.0 Å². The molecule has 33 heavy (non-hydrogen) atoms. The molecule has 1 amide bonds. The maximum atomic E-state index is 12.5. The van der Waals surface area contributed by atoms with E-state index in [1.807, 2.05) is 18.2 Å². The van der Waals surface area contributed by atoms with Crippen LogP contribution in [0.1, 0.15) is 11.3 Å². The standard InChI is InChI=1S/C25H21Cl2N3O2S/c1-16-2-5-18(6-3-16)29-10-12-30(13-11-29)25-28-24(31)23(33-25)15-19-7-9-22(32-19)17-4-8-20(26)21(27)14-17/h2-9,14-15H,10-13H2,1H3/b23-15+. The molecule has 0 bridgehead atoms. The van der Waals surface area contributed by atoms with Crippen molar-refractivity contribution in [2.75, 3.05) is 31.1 Å². The number of halogens is 2. The molecule has 2 aliphatic rings. The molecule has 8 heteroatoms. The number of piperazine rings is 1. The van der Waals surface area contributed by atoms with Gasteiger partial charge >= 0.3 is 0 Å². The lowest BCUT2D eigenvalue weighted by Crippen LogP contribution is -2.47. The molecule has 0 atom stereocenters. The van der Waals surface area contributed by atoms with Crippen molar-refractivity contribution < 1.29 is 9.21 Å². The number of aliphatic imine (C=N–C) groups is 1. The van der Waals surface area contributed by atoms with Gasteiger partial charge in [0.05, 0.1) is 15.0 Å². The molecule has 0 spiro atoms. The predicted molar refractivity (Wildman–Crippen MR) is 137 cm³/mol. The lowest BCUT2D eigenvalue weighted by molar-refractivity contribution is -0.113. The van der Waals surface area contributed by atoms with Crippen LogP contribution in [-0.4, -0.2) is 42.2 Å². The third-order valence-corrected chi connectivity index (χ3v) is 7.45. The normalized spacial score (nSPS) is 17.7. The van der Waals surface area contributed by atoms with Crippen molar-refractivity contribution >= 4 is 57.8 Å². The zero-order valence-corrected chi connectivity index (χ0v) is 20.3. The number of furan rings is 1. The summed E-state index contributed by atoms with van der Waals surface area (Å²) in [6.07, 6.45) is 1.74. The van der Waals surface area contributed by atoms with Gasteiger partial charge < -0.3 is 14.2 Å². The first-order valence-corrected chi connectivity index (χ1v) is 12.2. The van der Waals surface area contributed by atoms with Crippen LogP contribution in [0.15, 0.2) is 68.9 Å². The van der Waals surface area contributed by atoms with E-state index in [2.05, 4.69) is 46.0 Å². The number of thioether (sulfide) groups is 1. The summed E-state index contributed by atoms with van der Waals surface area (Å²) in [4.78, 5) is 21.9. The quantitative estimate of drug-likeness (QED) is 0.394. The summed E-state index contributed by atoms with van der Waals surface area (Å²) in [6.45, 7) is 5.52. The first kappa shape index (κ1) is 22.1. The summed E-state index contributed by atoms with van der Waals surface area (Å²) in [7, 11) is 0. The number of aryl methyl sites for hydroxylation is 1.